The lowest BCUT2D eigenvalue weighted by molar-refractivity contribution is -0.131. The number of ether oxygens (including phenoxy) is 1. The Kier molecular flexibility index (Phi) is 4.03. The third-order valence-corrected chi connectivity index (χ3v) is 5.27. The highest BCUT2D eigenvalue weighted by atomic mass is 32.2. The highest BCUT2D eigenvalue weighted by Gasteiger charge is 2.13. The lowest BCUT2D eigenvalue weighted by Crippen LogP contribution is -2.02. The summed E-state index contributed by atoms with van der Waals surface area (Å²) in [6, 6.07) is 14.4. The first-order chi connectivity index (χ1) is 9.72. The monoisotopic (exact) mass is 302 g/mol. The lowest BCUT2D eigenvalue weighted by Gasteiger charge is -2.16. The van der Waals surface area contributed by atoms with E-state index >= 15 is 0 Å². The van der Waals surface area contributed by atoms with E-state index in [2.05, 4.69) is 24.3 Å². The van der Waals surface area contributed by atoms with E-state index in [9.17, 15) is 4.79 Å². The van der Waals surface area contributed by atoms with E-state index < -0.39 is 0 Å². The van der Waals surface area contributed by atoms with E-state index in [0.29, 0.717) is 5.75 Å². The molecular formula is C16H14O2S2. The second kappa shape index (κ2) is 5.94. The van der Waals surface area contributed by atoms with Gasteiger partial charge < -0.3 is 4.74 Å². The van der Waals surface area contributed by atoms with E-state index in [1.165, 1.54) is 27.8 Å². The third kappa shape index (κ3) is 3.02. The predicted octanol–water partition coefficient (Wildman–Crippen LogP) is 4.51. The summed E-state index contributed by atoms with van der Waals surface area (Å²) in [6.45, 7) is 1.43. The molecule has 1 aliphatic rings. The number of carbonyl (C=O) groups is 1. The maximum Gasteiger partial charge on any atom is 0.308 e. The van der Waals surface area contributed by atoms with Gasteiger partial charge in [0.15, 0.2) is 0 Å². The fraction of sp³-hybridized carbons (Fsp3) is 0.188. The maximum atomic E-state index is 11.0. The molecule has 0 bridgehead atoms. The predicted molar refractivity (Wildman–Crippen MR) is 83.3 cm³/mol. The van der Waals surface area contributed by atoms with Crippen LogP contribution < -0.4 is 4.74 Å². The van der Waals surface area contributed by atoms with Crippen LogP contribution in [0, 0.1) is 0 Å². The zero-order chi connectivity index (χ0) is 13.9. The van der Waals surface area contributed by atoms with Crippen LogP contribution in [-0.2, 0) is 16.3 Å². The smallest absolute Gasteiger partial charge is 0.308 e. The number of carbonyl (C=O) groups excluding carboxylic acids is 1. The molecule has 102 valence electrons. The number of esters is 1. The summed E-state index contributed by atoms with van der Waals surface area (Å²) in [7, 11) is 0. The first-order valence-corrected chi connectivity index (χ1v) is 8.34. The molecule has 0 fully saturated rings. The average Bonchev–Trinajstić information content (AvgIpc) is 2.39. The molecule has 0 N–H and O–H groups in total. The summed E-state index contributed by atoms with van der Waals surface area (Å²) < 4.78 is 5.16. The summed E-state index contributed by atoms with van der Waals surface area (Å²) in [5, 5.41) is 0. The van der Waals surface area contributed by atoms with Crippen molar-refractivity contribution in [1.29, 1.82) is 0 Å². The Morgan fingerprint density at radius 1 is 1.05 bits per heavy atom. The lowest BCUT2D eigenvalue weighted by atomic mass is 10.2. The zero-order valence-corrected chi connectivity index (χ0v) is 12.7. The van der Waals surface area contributed by atoms with E-state index in [4.69, 9.17) is 4.74 Å². The molecule has 0 aromatic heterocycles. The van der Waals surface area contributed by atoms with Gasteiger partial charge in [-0.15, -0.1) is 0 Å². The first-order valence-electron chi connectivity index (χ1n) is 6.37. The van der Waals surface area contributed by atoms with Gasteiger partial charge in [-0.1, -0.05) is 30.0 Å². The molecule has 2 nitrogen and oxygen atoms in total. The van der Waals surface area contributed by atoms with Gasteiger partial charge in [-0.05, 0) is 35.4 Å². The quantitative estimate of drug-likeness (QED) is 0.572. The van der Waals surface area contributed by atoms with Crippen molar-refractivity contribution < 1.29 is 9.53 Å². The van der Waals surface area contributed by atoms with Gasteiger partial charge >= 0.3 is 5.97 Å². The van der Waals surface area contributed by atoms with Crippen molar-refractivity contribution in [2.75, 3.05) is 0 Å². The second-order valence-corrected chi connectivity index (χ2v) is 6.64. The minimum Gasteiger partial charge on any atom is -0.427 e. The van der Waals surface area contributed by atoms with E-state index in [0.717, 1.165) is 11.5 Å². The van der Waals surface area contributed by atoms with E-state index in [1.54, 1.807) is 11.8 Å². The maximum absolute atomic E-state index is 11.0. The molecule has 0 saturated heterocycles. The summed E-state index contributed by atoms with van der Waals surface area (Å²) >= 11 is 3.68. The number of fused-ring (bicyclic) bond motifs is 2. The van der Waals surface area contributed by atoms with Crippen molar-refractivity contribution >= 4 is 29.5 Å². The van der Waals surface area contributed by atoms with Gasteiger partial charge in [-0.3, -0.25) is 4.79 Å². The number of benzene rings is 2. The second-order valence-electron chi connectivity index (χ2n) is 4.57. The molecule has 2 aromatic rings. The molecule has 0 spiro atoms. The van der Waals surface area contributed by atoms with Crippen LogP contribution in [-0.4, -0.2) is 5.97 Å². The minimum atomic E-state index is -0.276. The van der Waals surface area contributed by atoms with Crippen molar-refractivity contribution in [1.82, 2.24) is 0 Å². The van der Waals surface area contributed by atoms with Gasteiger partial charge in [-0.2, -0.15) is 11.8 Å². The Balaban J connectivity index is 1.95. The van der Waals surface area contributed by atoms with Crippen LogP contribution >= 0.6 is 23.5 Å². The SMILES string of the molecule is CC(=O)Oc1ccc2c(c1)CSCc1ccccc1S2. The number of thioether (sulfide) groups is 1. The summed E-state index contributed by atoms with van der Waals surface area (Å²) in [5.74, 6) is 2.30. The minimum absolute atomic E-state index is 0.276. The summed E-state index contributed by atoms with van der Waals surface area (Å²) in [5.41, 5.74) is 2.62. The molecule has 0 aliphatic carbocycles. The Labute approximate surface area is 126 Å². The largest absolute Gasteiger partial charge is 0.427 e. The fourth-order valence-corrected chi connectivity index (χ4v) is 4.38. The molecule has 1 heterocycles. The molecule has 0 atom stereocenters. The van der Waals surface area contributed by atoms with Crippen LogP contribution in [0.25, 0.3) is 0 Å². The Morgan fingerprint density at radius 2 is 1.80 bits per heavy atom. The Bertz CT molecular complexity index is 653. The van der Waals surface area contributed by atoms with Crippen molar-refractivity contribution in [3.63, 3.8) is 0 Å². The Hall–Kier alpha value is -1.39. The van der Waals surface area contributed by atoms with E-state index in [1.807, 2.05) is 30.0 Å². The van der Waals surface area contributed by atoms with Crippen molar-refractivity contribution in [2.24, 2.45) is 0 Å². The van der Waals surface area contributed by atoms with Gasteiger partial charge in [0, 0.05) is 28.2 Å². The molecule has 0 unspecified atom stereocenters. The first kappa shape index (κ1) is 13.6. The van der Waals surface area contributed by atoms with Crippen LogP contribution in [0.2, 0.25) is 0 Å². The standard InChI is InChI=1S/C16H14O2S2/c1-11(17)18-14-6-7-16-13(8-14)10-19-9-12-4-2-3-5-15(12)20-16/h2-8H,9-10H2,1H3. The summed E-state index contributed by atoms with van der Waals surface area (Å²) in [6.07, 6.45) is 0. The number of rotatable bonds is 1. The molecular weight excluding hydrogens is 288 g/mol. The zero-order valence-electron chi connectivity index (χ0n) is 11.1. The molecule has 1 aliphatic heterocycles. The highest BCUT2D eigenvalue weighted by Crippen LogP contribution is 2.39. The van der Waals surface area contributed by atoms with Crippen molar-refractivity contribution in [2.45, 2.75) is 28.2 Å². The molecule has 4 heteroatoms. The molecule has 0 amide bonds. The van der Waals surface area contributed by atoms with Crippen LogP contribution in [0.5, 0.6) is 5.75 Å². The van der Waals surface area contributed by atoms with Crippen molar-refractivity contribution in [3.8, 4) is 5.75 Å². The van der Waals surface area contributed by atoms with Crippen LogP contribution in [0.15, 0.2) is 52.3 Å². The molecule has 20 heavy (non-hydrogen) atoms. The Morgan fingerprint density at radius 3 is 2.65 bits per heavy atom. The van der Waals surface area contributed by atoms with Crippen LogP contribution in [0.1, 0.15) is 18.1 Å². The van der Waals surface area contributed by atoms with Gasteiger partial charge in [0.1, 0.15) is 5.75 Å². The van der Waals surface area contributed by atoms with E-state index in [-0.39, 0.29) is 5.97 Å². The topological polar surface area (TPSA) is 26.3 Å². The molecule has 0 radical (unpaired) electrons. The van der Waals surface area contributed by atoms with Gasteiger partial charge in [0.05, 0.1) is 0 Å². The molecule has 0 saturated carbocycles. The van der Waals surface area contributed by atoms with Crippen molar-refractivity contribution in [3.05, 3.63) is 53.6 Å². The van der Waals surface area contributed by atoms with Crippen LogP contribution in [0.3, 0.4) is 0 Å². The molecule has 2 aromatic carbocycles. The number of hydrogen-bond donors (Lipinski definition) is 0. The van der Waals surface area contributed by atoms with Gasteiger partial charge in [0.2, 0.25) is 0 Å². The van der Waals surface area contributed by atoms with Crippen LogP contribution in [0.4, 0.5) is 0 Å². The third-order valence-electron chi connectivity index (χ3n) is 3.00. The summed E-state index contributed by atoms with van der Waals surface area (Å²) in [4.78, 5) is 13.6. The number of hydrogen-bond acceptors (Lipinski definition) is 4. The van der Waals surface area contributed by atoms with Gasteiger partial charge in [0.25, 0.3) is 0 Å². The average molecular weight is 302 g/mol. The normalized spacial score (nSPS) is 13.7. The highest BCUT2D eigenvalue weighted by molar-refractivity contribution is 8.00. The fourth-order valence-electron chi connectivity index (χ4n) is 2.11. The van der Waals surface area contributed by atoms with Gasteiger partial charge in [-0.25, -0.2) is 0 Å². The molecule has 3 rings (SSSR count).